The van der Waals surface area contributed by atoms with Crippen LogP contribution in [-0.4, -0.2) is 33.7 Å². The van der Waals surface area contributed by atoms with Crippen molar-refractivity contribution in [3.63, 3.8) is 0 Å². The number of hydrogen-bond donors (Lipinski definition) is 0. The van der Waals surface area contributed by atoms with Gasteiger partial charge in [-0.1, -0.05) is 19.1 Å². The molecule has 1 rings (SSSR count). The number of rotatable bonds is 9. The van der Waals surface area contributed by atoms with Crippen LogP contribution in [0.3, 0.4) is 0 Å². The van der Waals surface area contributed by atoms with Gasteiger partial charge in [-0.05, 0) is 31.7 Å². The SMILES string of the molecule is CCSc1ccccc1S(=O)(=O)OCP(=O)(OC)OC(C)C. The highest BCUT2D eigenvalue weighted by molar-refractivity contribution is 8.00. The third-order valence-corrected chi connectivity index (χ3v) is 6.76. The summed E-state index contributed by atoms with van der Waals surface area (Å²) in [5.41, 5.74) is 0. The Morgan fingerprint density at radius 2 is 1.91 bits per heavy atom. The van der Waals surface area contributed by atoms with Gasteiger partial charge in [0.2, 0.25) is 0 Å². The fraction of sp³-hybridized carbons (Fsp3) is 0.538. The van der Waals surface area contributed by atoms with Crippen LogP contribution in [0.5, 0.6) is 0 Å². The van der Waals surface area contributed by atoms with E-state index in [1.165, 1.54) is 24.9 Å². The van der Waals surface area contributed by atoms with Crippen molar-refractivity contribution in [3.8, 4) is 0 Å². The molecule has 0 bridgehead atoms. The third kappa shape index (κ3) is 5.68. The molecule has 0 saturated carbocycles. The van der Waals surface area contributed by atoms with Crippen LogP contribution in [0.1, 0.15) is 20.8 Å². The summed E-state index contributed by atoms with van der Waals surface area (Å²) in [7, 11) is -6.46. The van der Waals surface area contributed by atoms with Gasteiger partial charge in [-0.25, -0.2) is 0 Å². The lowest BCUT2D eigenvalue weighted by Gasteiger charge is -2.18. The van der Waals surface area contributed by atoms with Crippen LogP contribution in [0.15, 0.2) is 34.1 Å². The first kappa shape index (κ1) is 19.7. The van der Waals surface area contributed by atoms with Crippen LogP contribution in [-0.2, 0) is 27.9 Å². The molecule has 9 heteroatoms. The first-order valence-corrected chi connectivity index (χ1v) is 10.8. The molecule has 0 saturated heterocycles. The van der Waals surface area contributed by atoms with Gasteiger partial charge < -0.3 is 9.05 Å². The maximum atomic E-state index is 12.3. The lowest BCUT2D eigenvalue weighted by Crippen LogP contribution is -2.12. The molecule has 126 valence electrons. The molecule has 22 heavy (non-hydrogen) atoms. The molecule has 0 aliphatic rings. The lowest BCUT2D eigenvalue weighted by molar-refractivity contribution is 0.171. The molecule has 1 aromatic rings. The number of thioether (sulfide) groups is 1. The summed E-state index contributed by atoms with van der Waals surface area (Å²) < 4.78 is 51.7. The molecule has 0 aliphatic carbocycles. The van der Waals surface area contributed by atoms with E-state index < -0.39 is 24.1 Å². The standard InChI is InChI=1S/C13H21O6PS2/c1-5-21-12-8-6-7-9-13(12)22(15,16)18-10-20(14,17-4)19-11(2)3/h6-9,11H,5,10H2,1-4H3. The second kappa shape index (κ2) is 8.47. The molecule has 6 nitrogen and oxygen atoms in total. The van der Waals surface area contributed by atoms with Crippen molar-refractivity contribution < 1.29 is 26.2 Å². The minimum absolute atomic E-state index is 0.0500. The normalized spacial score (nSPS) is 15.0. The van der Waals surface area contributed by atoms with E-state index in [0.29, 0.717) is 4.90 Å². The van der Waals surface area contributed by atoms with E-state index in [-0.39, 0.29) is 11.0 Å². The zero-order chi connectivity index (χ0) is 16.8. The van der Waals surface area contributed by atoms with Gasteiger partial charge in [0, 0.05) is 12.0 Å². The van der Waals surface area contributed by atoms with Gasteiger partial charge in [0.25, 0.3) is 10.1 Å². The fourth-order valence-electron chi connectivity index (χ4n) is 1.58. The lowest BCUT2D eigenvalue weighted by atomic mass is 10.4. The predicted molar refractivity (Wildman–Crippen MR) is 86.8 cm³/mol. The van der Waals surface area contributed by atoms with E-state index >= 15 is 0 Å². The first-order chi connectivity index (χ1) is 10.2. The molecular weight excluding hydrogens is 347 g/mol. The smallest absolute Gasteiger partial charge is 0.310 e. The summed E-state index contributed by atoms with van der Waals surface area (Å²) in [4.78, 5) is 0.635. The molecule has 0 N–H and O–H groups in total. The van der Waals surface area contributed by atoms with E-state index in [1.807, 2.05) is 6.92 Å². The van der Waals surface area contributed by atoms with Crippen molar-refractivity contribution in [1.82, 2.24) is 0 Å². The second-order valence-corrected chi connectivity index (χ2v) is 9.47. The molecule has 1 aromatic carbocycles. The van der Waals surface area contributed by atoms with E-state index in [9.17, 15) is 13.0 Å². The van der Waals surface area contributed by atoms with Crippen molar-refractivity contribution in [2.75, 3.05) is 19.2 Å². The Kier molecular flexibility index (Phi) is 7.58. The van der Waals surface area contributed by atoms with Crippen LogP contribution >= 0.6 is 19.4 Å². The Bertz CT molecular complexity index is 629. The van der Waals surface area contributed by atoms with Gasteiger partial charge in [-0.2, -0.15) is 8.42 Å². The van der Waals surface area contributed by atoms with Crippen molar-refractivity contribution in [1.29, 1.82) is 0 Å². The Morgan fingerprint density at radius 1 is 1.27 bits per heavy atom. The Morgan fingerprint density at radius 3 is 2.45 bits per heavy atom. The minimum atomic E-state index is -4.05. The van der Waals surface area contributed by atoms with E-state index in [0.717, 1.165) is 5.75 Å². The summed E-state index contributed by atoms with van der Waals surface area (Å²) >= 11 is 1.39. The van der Waals surface area contributed by atoms with Crippen LogP contribution in [0.4, 0.5) is 0 Å². The average Bonchev–Trinajstić information content (AvgIpc) is 2.45. The highest BCUT2D eigenvalue weighted by Crippen LogP contribution is 2.49. The van der Waals surface area contributed by atoms with Crippen LogP contribution < -0.4 is 0 Å². The van der Waals surface area contributed by atoms with Crippen molar-refractivity contribution in [3.05, 3.63) is 24.3 Å². The summed E-state index contributed by atoms with van der Waals surface area (Å²) in [6.45, 7) is 5.27. The fourth-order valence-corrected chi connectivity index (χ4v) is 5.41. The summed E-state index contributed by atoms with van der Waals surface area (Å²) in [6, 6.07) is 6.51. The first-order valence-electron chi connectivity index (χ1n) is 6.68. The predicted octanol–water partition coefficient (Wildman–Crippen LogP) is 3.73. The van der Waals surface area contributed by atoms with Crippen LogP contribution in [0.2, 0.25) is 0 Å². The Labute approximate surface area is 136 Å². The van der Waals surface area contributed by atoms with Crippen LogP contribution in [0, 0.1) is 0 Å². The van der Waals surface area contributed by atoms with Crippen LogP contribution in [0.25, 0.3) is 0 Å². The molecule has 0 amide bonds. The maximum Gasteiger partial charge on any atom is 0.357 e. The monoisotopic (exact) mass is 368 g/mol. The topological polar surface area (TPSA) is 78.9 Å². The van der Waals surface area contributed by atoms with Crippen molar-refractivity contribution in [2.24, 2.45) is 0 Å². The van der Waals surface area contributed by atoms with E-state index in [2.05, 4.69) is 0 Å². The Hall–Kier alpha value is -0.370. The van der Waals surface area contributed by atoms with Gasteiger partial charge in [-0.15, -0.1) is 11.8 Å². The molecule has 1 unspecified atom stereocenters. The molecule has 0 aromatic heterocycles. The van der Waals surface area contributed by atoms with E-state index in [4.69, 9.17) is 13.2 Å². The summed E-state index contributed by atoms with van der Waals surface area (Å²) in [5.74, 6) is 0.722. The molecule has 0 aliphatic heterocycles. The van der Waals surface area contributed by atoms with Gasteiger partial charge in [0.15, 0.2) is 6.35 Å². The zero-order valence-electron chi connectivity index (χ0n) is 13.0. The summed E-state index contributed by atoms with van der Waals surface area (Å²) in [5, 5.41) is 0. The molecule has 0 heterocycles. The highest BCUT2D eigenvalue weighted by Gasteiger charge is 2.30. The van der Waals surface area contributed by atoms with Gasteiger partial charge >= 0.3 is 7.60 Å². The molecule has 1 atom stereocenters. The molecule has 0 radical (unpaired) electrons. The molecule has 0 spiro atoms. The number of hydrogen-bond acceptors (Lipinski definition) is 7. The Balaban J connectivity index is 2.95. The molecule has 0 fully saturated rings. The van der Waals surface area contributed by atoms with Crippen molar-refractivity contribution in [2.45, 2.75) is 36.7 Å². The quantitative estimate of drug-likeness (QED) is 0.373. The largest absolute Gasteiger partial charge is 0.357 e. The molecular formula is C13H21O6PS2. The number of benzene rings is 1. The minimum Gasteiger partial charge on any atom is -0.310 e. The van der Waals surface area contributed by atoms with Gasteiger partial charge in [-0.3, -0.25) is 8.75 Å². The zero-order valence-corrected chi connectivity index (χ0v) is 15.5. The van der Waals surface area contributed by atoms with Crippen molar-refractivity contribution >= 4 is 29.5 Å². The third-order valence-electron chi connectivity index (χ3n) is 2.43. The van der Waals surface area contributed by atoms with E-state index in [1.54, 1.807) is 32.0 Å². The van der Waals surface area contributed by atoms with Gasteiger partial charge in [0.05, 0.1) is 6.10 Å². The average molecular weight is 368 g/mol. The maximum absolute atomic E-state index is 12.3. The second-order valence-electron chi connectivity index (χ2n) is 4.53. The summed E-state index contributed by atoms with van der Waals surface area (Å²) in [6.07, 6.45) is -1.03. The van der Waals surface area contributed by atoms with Gasteiger partial charge in [0.1, 0.15) is 4.90 Å². The highest BCUT2D eigenvalue weighted by atomic mass is 32.2.